The molecular weight excluding hydrogens is 200 g/mol. The number of rotatable bonds is 4. The van der Waals surface area contributed by atoms with E-state index in [1.165, 1.54) is 18.4 Å². The molecule has 1 N–H and O–H groups in total. The molecule has 0 atom stereocenters. The van der Waals surface area contributed by atoms with Gasteiger partial charge in [-0.3, -0.25) is 0 Å². The highest BCUT2D eigenvalue weighted by atomic mass is 16.5. The first kappa shape index (κ1) is 10.3. The van der Waals surface area contributed by atoms with Crippen molar-refractivity contribution >= 4 is 0 Å². The second kappa shape index (κ2) is 3.31. The predicted octanol–water partition coefficient (Wildman–Crippen LogP) is 2.35. The van der Waals surface area contributed by atoms with Gasteiger partial charge in [-0.2, -0.15) is 0 Å². The Labute approximate surface area is 96.2 Å². The Balaban J connectivity index is 1.82. The minimum atomic E-state index is -0.503. The van der Waals surface area contributed by atoms with Gasteiger partial charge in [-0.05, 0) is 36.8 Å². The van der Waals surface area contributed by atoms with Gasteiger partial charge in [0.2, 0.25) is 0 Å². The average molecular weight is 218 g/mol. The van der Waals surface area contributed by atoms with Crippen molar-refractivity contribution in [1.82, 2.24) is 0 Å². The van der Waals surface area contributed by atoms with E-state index >= 15 is 0 Å². The molecule has 0 aliphatic heterocycles. The van der Waals surface area contributed by atoms with Gasteiger partial charge >= 0.3 is 0 Å². The third kappa shape index (κ3) is 1.57. The molecule has 0 heterocycles. The van der Waals surface area contributed by atoms with Gasteiger partial charge in [0.1, 0.15) is 0 Å². The Morgan fingerprint density at radius 1 is 1.06 bits per heavy atom. The van der Waals surface area contributed by atoms with Gasteiger partial charge in [-0.25, -0.2) is 0 Å². The standard InChI is InChI=1S/C14H18O2/c1-16-10-13(6-7-13)11-2-4-12(5-3-11)14(15)8-9-14/h2-5,15H,6-10H2,1H3. The SMILES string of the molecule is COCC1(c2ccc(C3(O)CC3)cc2)CC1. The molecule has 2 aliphatic rings. The molecule has 86 valence electrons. The van der Waals surface area contributed by atoms with Crippen LogP contribution < -0.4 is 0 Å². The Morgan fingerprint density at radius 2 is 1.62 bits per heavy atom. The van der Waals surface area contributed by atoms with E-state index in [4.69, 9.17) is 4.74 Å². The van der Waals surface area contributed by atoms with E-state index in [0.717, 1.165) is 25.0 Å². The van der Waals surface area contributed by atoms with Crippen molar-refractivity contribution in [3.63, 3.8) is 0 Å². The zero-order valence-electron chi connectivity index (χ0n) is 9.70. The summed E-state index contributed by atoms with van der Waals surface area (Å²) in [6.07, 6.45) is 4.28. The lowest BCUT2D eigenvalue weighted by Crippen LogP contribution is -2.14. The lowest BCUT2D eigenvalue weighted by atomic mass is 9.94. The van der Waals surface area contributed by atoms with Crippen molar-refractivity contribution < 1.29 is 9.84 Å². The fraction of sp³-hybridized carbons (Fsp3) is 0.571. The van der Waals surface area contributed by atoms with E-state index in [-0.39, 0.29) is 5.41 Å². The fourth-order valence-corrected chi connectivity index (χ4v) is 2.48. The first-order valence-corrected chi connectivity index (χ1v) is 6.01. The topological polar surface area (TPSA) is 29.5 Å². The Hall–Kier alpha value is -0.860. The average Bonchev–Trinajstić information content (AvgIpc) is 3.19. The zero-order valence-corrected chi connectivity index (χ0v) is 9.70. The van der Waals surface area contributed by atoms with Gasteiger partial charge in [0.25, 0.3) is 0 Å². The van der Waals surface area contributed by atoms with Crippen LogP contribution in [0.2, 0.25) is 0 Å². The summed E-state index contributed by atoms with van der Waals surface area (Å²) in [7, 11) is 1.77. The van der Waals surface area contributed by atoms with Crippen LogP contribution in [0, 0.1) is 0 Å². The largest absolute Gasteiger partial charge is 0.385 e. The van der Waals surface area contributed by atoms with Crippen LogP contribution in [0.3, 0.4) is 0 Å². The van der Waals surface area contributed by atoms with Crippen LogP contribution in [0.15, 0.2) is 24.3 Å². The molecule has 0 saturated heterocycles. The normalized spacial score (nSPS) is 24.1. The molecule has 16 heavy (non-hydrogen) atoms. The molecule has 2 aliphatic carbocycles. The molecule has 2 nitrogen and oxygen atoms in total. The van der Waals surface area contributed by atoms with Crippen LogP contribution in [0.25, 0.3) is 0 Å². The summed E-state index contributed by atoms with van der Waals surface area (Å²) in [6, 6.07) is 8.49. The third-order valence-electron chi connectivity index (χ3n) is 4.03. The summed E-state index contributed by atoms with van der Waals surface area (Å²) in [4.78, 5) is 0. The van der Waals surface area contributed by atoms with E-state index < -0.39 is 5.60 Å². The monoisotopic (exact) mass is 218 g/mol. The van der Waals surface area contributed by atoms with Gasteiger partial charge in [0, 0.05) is 12.5 Å². The smallest absolute Gasteiger partial charge is 0.0899 e. The Morgan fingerprint density at radius 3 is 2.06 bits per heavy atom. The van der Waals surface area contributed by atoms with Gasteiger partial charge < -0.3 is 9.84 Å². The van der Waals surface area contributed by atoms with Gasteiger partial charge in [-0.1, -0.05) is 24.3 Å². The van der Waals surface area contributed by atoms with Crippen LogP contribution in [0.1, 0.15) is 36.8 Å². The second-order valence-electron chi connectivity index (χ2n) is 5.32. The van der Waals surface area contributed by atoms with Crippen LogP contribution in [0.4, 0.5) is 0 Å². The first-order valence-electron chi connectivity index (χ1n) is 6.01. The summed E-state index contributed by atoms with van der Waals surface area (Å²) >= 11 is 0. The van der Waals surface area contributed by atoms with Crippen LogP contribution in [0.5, 0.6) is 0 Å². The van der Waals surface area contributed by atoms with Crippen molar-refractivity contribution in [2.45, 2.75) is 36.7 Å². The molecule has 0 aromatic heterocycles. The van der Waals surface area contributed by atoms with Gasteiger partial charge in [0.15, 0.2) is 0 Å². The summed E-state index contributed by atoms with van der Waals surface area (Å²) in [5.41, 5.74) is 2.21. The lowest BCUT2D eigenvalue weighted by Gasteiger charge is -2.16. The van der Waals surface area contributed by atoms with Crippen molar-refractivity contribution in [3.05, 3.63) is 35.4 Å². The van der Waals surface area contributed by atoms with E-state index in [2.05, 4.69) is 24.3 Å². The molecule has 3 rings (SSSR count). The van der Waals surface area contributed by atoms with E-state index in [1.54, 1.807) is 7.11 Å². The molecule has 2 fully saturated rings. The maximum atomic E-state index is 9.99. The molecule has 1 aromatic rings. The van der Waals surface area contributed by atoms with Crippen molar-refractivity contribution in [2.75, 3.05) is 13.7 Å². The quantitative estimate of drug-likeness (QED) is 0.840. The number of methoxy groups -OCH3 is 1. The minimum Gasteiger partial charge on any atom is -0.385 e. The molecule has 1 aromatic carbocycles. The second-order valence-corrected chi connectivity index (χ2v) is 5.32. The Bertz CT molecular complexity index is 386. The fourth-order valence-electron chi connectivity index (χ4n) is 2.48. The molecule has 0 bridgehead atoms. The molecule has 2 heteroatoms. The van der Waals surface area contributed by atoms with Crippen LogP contribution >= 0.6 is 0 Å². The summed E-state index contributed by atoms with van der Waals surface area (Å²) in [6.45, 7) is 0.816. The zero-order chi connectivity index (χ0) is 11.2. The first-order chi connectivity index (χ1) is 7.69. The number of ether oxygens (including phenoxy) is 1. The van der Waals surface area contributed by atoms with Crippen molar-refractivity contribution in [1.29, 1.82) is 0 Å². The third-order valence-corrected chi connectivity index (χ3v) is 4.03. The van der Waals surface area contributed by atoms with Gasteiger partial charge in [0.05, 0.1) is 12.2 Å². The molecule has 2 saturated carbocycles. The number of hydrogen-bond acceptors (Lipinski definition) is 2. The number of benzene rings is 1. The predicted molar refractivity (Wildman–Crippen MR) is 62.4 cm³/mol. The highest BCUT2D eigenvalue weighted by Crippen LogP contribution is 2.50. The van der Waals surface area contributed by atoms with E-state index in [0.29, 0.717) is 0 Å². The lowest BCUT2D eigenvalue weighted by molar-refractivity contribution is 0.151. The summed E-state index contributed by atoms with van der Waals surface area (Å²) < 4.78 is 5.28. The molecular formula is C14H18O2. The summed E-state index contributed by atoms with van der Waals surface area (Å²) in [5.74, 6) is 0. The molecule has 0 spiro atoms. The van der Waals surface area contributed by atoms with Crippen molar-refractivity contribution in [2.24, 2.45) is 0 Å². The maximum Gasteiger partial charge on any atom is 0.0899 e. The summed E-state index contributed by atoms with van der Waals surface area (Å²) in [5, 5.41) is 9.99. The van der Waals surface area contributed by atoms with Crippen LogP contribution in [-0.4, -0.2) is 18.8 Å². The van der Waals surface area contributed by atoms with Gasteiger partial charge in [-0.15, -0.1) is 0 Å². The molecule has 0 amide bonds. The van der Waals surface area contributed by atoms with Crippen molar-refractivity contribution in [3.8, 4) is 0 Å². The maximum absolute atomic E-state index is 9.99. The Kier molecular flexibility index (Phi) is 2.13. The molecule has 0 unspecified atom stereocenters. The number of hydrogen-bond donors (Lipinski definition) is 1. The minimum absolute atomic E-state index is 0.277. The van der Waals surface area contributed by atoms with Crippen LogP contribution in [-0.2, 0) is 15.8 Å². The highest BCUT2D eigenvalue weighted by molar-refractivity contribution is 5.37. The van der Waals surface area contributed by atoms with E-state index in [9.17, 15) is 5.11 Å². The van der Waals surface area contributed by atoms with E-state index in [1.807, 2.05) is 0 Å². The molecule has 0 radical (unpaired) electrons. The number of aliphatic hydroxyl groups is 1. The highest BCUT2D eigenvalue weighted by Gasteiger charge is 2.45.